The van der Waals surface area contributed by atoms with Crippen LogP contribution in [0.3, 0.4) is 0 Å². The SMILES string of the molecule is CC1(C)OCC(C(O)C(=O)NCCOCC(F)(F)F)O1. The van der Waals surface area contributed by atoms with Crippen molar-refractivity contribution in [2.75, 3.05) is 26.4 Å². The Balaban J connectivity index is 2.19. The molecule has 2 N–H and O–H groups in total. The highest BCUT2D eigenvalue weighted by molar-refractivity contribution is 5.81. The minimum Gasteiger partial charge on any atom is -0.380 e. The highest BCUT2D eigenvalue weighted by Gasteiger charge is 2.39. The van der Waals surface area contributed by atoms with Crippen molar-refractivity contribution in [2.24, 2.45) is 0 Å². The average molecular weight is 301 g/mol. The first kappa shape index (κ1) is 17.2. The number of ether oxygens (including phenoxy) is 3. The number of hydrogen-bond donors (Lipinski definition) is 2. The van der Waals surface area contributed by atoms with Gasteiger partial charge in [0.05, 0.1) is 13.2 Å². The summed E-state index contributed by atoms with van der Waals surface area (Å²) in [5.41, 5.74) is 0. The number of alkyl halides is 3. The molecule has 1 aliphatic rings. The van der Waals surface area contributed by atoms with Crippen molar-refractivity contribution < 1.29 is 37.3 Å². The fourth-order valence-electron chi connectivity index (χ4n) is 1.58. The number of carbonyl (C=O) groups is 1. The van der Waals surface area contributed by atoms with Crippen molar-refractivity contribution in [1.29, 1.82) is 0 Å². The Labute approximate surface area is 114 Å². The van der Waals surface area contributed by atoms with Crippen LogP contribution in [0.2, 0.25) is 0 Å². The van der Waals surface area contributed by atoms with Crippen LogP contribution in [0.5, 0.6) is 0 Å². The molecular formula is C11H18F3NO5. The smallest absolute Gasteiger partial charge is 0.380 e. The van der Waals surface area contributed by atoms with E-state index in [2.05, 4.69) is 10.1 Å². The van der Waals surface area contributed by atoms with Crippen LogP contribution in [0, 0.1) is 0 Å². The number of aliphatic hydroxyl groups excluding tert-OH is 1. The van der Waals surface area contributed by atoms with Crippen molar-refractivity contribution in [3.05, 3.63) is 0 Å². The molecule has 2 atom stereocenters. The van der Waals surface area contributed by atoms with Crippen molar-refractivity contribution in [3.63, 3.8) is 0 Å². The molecule has 1 rings (SSSR count). The van der Waals surface area contributed by atoms with Gasteiger partial charge >= 0.3 is 6.18 Å². The molecule has 118 valence electrons. The molecule has 1 aliphatic heterocycles. The van der Waals surface area contributed by atoms with Gasteiger partial charge in [0.15, 0.2) is 11.9 Å². The number of aliphatic hydroxyl groups is 1. The van der Waals surface area contributed by atoms with Crippen molar-refractivity contribution in [1.82, 2.24) is 5.32 Å². The molecule has 6 nitrogen and oxygen atoms in total. The van der Waals surface area contributed by atoms with E-state index in [9.17, 15) is 23.1 Å². The van der Waals surface area contributed by atoms with Crippen LogP contribution in [-0.2, 0) is 19.0 Å². The van der Waals surface area contributed by atoms with Crippen LogP contribution < -0.4 is 5.32 Å². The molecule has 0 spiro atoms. The Bertz CT molecular complexity index is 335. The normalized spacial score (nSPS) is 23.6. The van der Waals surface area contributed by atoms with E-state index in [4.69, 9.17) is 9.47 Å². The lowest BCUT2D eigenvalue weighted by Crippen LogP contribution is -2.44. The number of rotatable bonds is 6. The van der Waals surface area contributed by atoms with E-state index in [1.807, 2.05) is 0 Å². The quantitative estimate of drug-likeness (QED) is 0.685. The van der Waals surface area contributed by atoms with Gasteiger partial charge in [-0.2, -0.15) is 13.2 Å². The summed E-state index contributed by atoms with van der Waals surface area (Å²) in [7, 11) is 0. The van der Waals surface area contributed by atoms with Crippen molar-refractivity contribution in [3.8, 4) is 0 Å². The van der Waals surface area contributed by atoms with E-state index in [1.54, 1.807) is 13.8 Å². The molecule has 0 bridgehead atoms. The number of hydrogen-bond acceptors (Lipinski definition) is 5. The summed E-state index contributed by atoms with van der Waals surface area (Å²) in [5.74, 6) is -1.62. The molecule has 9 heteroatoms. The van der Waals surface area contributed by atoms with Crippen LogP contribution in [0.15, 0.2) is 0 Å². The first-order valence-corrected chi connectivity index (χ1v) is 6.03. The monoisotopic (exact) mass is 301 g/mol. The average Bonchev–Trinajstić information content (AvgIpc) is 2.66. The predicted molar refractivity (Wildman–Crippen MR) is 60.8 cm³/mol. The molecule has 0 aliphatic carbocycles. The molecular weight excluding hydrogens is 283 g/mol. The van der Waals surface area contributed by atoms with Crippen LogP contribution in [0.4, 0.5) is 13.2 Å². The maximum absolute atomic E-state index is 11.8. The third-order valence-corrected chi connectivity index (χ3v) is 2.46. The molecule has 1 amide bonds. The Morgan fingerprint density at radius 1 is 1.55 bits per heavy atom. The topological polar surface area (TPSA) is 77.0 Å². The Kier molecular flexibility index (Phi) is 5.75. The van der Waals surface area contributed by atoms with Gasteiger partial charge in [-0.1, -0.05) is 0 Å². The second-order valence-corrected chi connectivity index (χ2v) is 4.77. The molecule has 0 aromatic rings. The largest absolute Gasteiger partial charge is 0.411 e. The van der Waals surface area contributed by atoms with Gasteiger partial charge in [0.1, 0.15) is 12.7 Å². The molecule has 1 heterocycles. The van der Waals surface area contributed by atoms with E-state index in [-0.39, 0.29) is 19.8 Å². The van der Waals surface area contributed by atoms with Gasteiger partial charge in [0.25, 0.3) is 5.91 Å². The third-order valence-electron chi connectivity index (χ3n) is 2.46. The standard InChI is InChI=1S/C11H18F3NO5/c1-10(2)19-5-7(20-10)8(16)9(17)15-3-4-18-6-11(12,13)14/h7-8,16H,3-6H2,1-2H3,(H,15,17). The minimum atomic E-state index is -4.40. The van der Waals surface area contributed by atoms with Crippen LogP contribution in [0.1, 0.15) is 13.8 Å². The molecule has 0 aromatic carbocycles. The maximum Gasteiger partial charge on any atom is 0.411 e. The molecule has 0 aromatic heterocycles. The minimum absolute atomic E-state index is 0.0617. The van der Waals surface area contributed by atoms with E-state index in [1.165, 1.54) is 0 Å². The van der Waals surface area contributed by atoms with Gasteiger partial charge in [0, 0.05) is 6.54 Å². The van der Waals surface area contributed by atoms with Gasteiger partial charge in [-0.3, -0.25) is 4.79 Å². The molecule has 1 fully saturated rings. The number of halogens is 3. The lowest BCUT2D eigenvalue weighted by molar-refractivity contribution is -0.173. The summed E-state index contributed by atoms with van der Waals surface area (Å²) in [6.45, 7) is 1.53. The molecule has 2 unspecified atom stereocenters. The van der Waals surface area contributed by atoms with Gasteiger partial charge in [0.2, 0.25) is 0 Å². The maximum atomic E-state index is 11.8. The highest BCUT2D eigenvalue weighted by Crippen LogP contribution is 2.24. The fraction of sp³-hybridized carbons (Fsp3) is 0.909. The van der Waals surface area contributed by atoms with Gasteiger partial charge in [-0.15, -0.1) is 0 Å². The van der Waals surface area contributed by atoms with Crippen molar-refractivity contribution >= 4 is 5.91 Å². The summed E-state index contributed by atoms with van der Waals surface area (Å²) < 4.78 is 50.1. The van der Waals surface area contributed by atoms with Gasteiger partial charge in [-0.05, 0) is 13.8 Å². The summed E-state index contributed by atoms with van der Waals surface area (Å²) in [4.78, 5) is 11.5. The second kappa shape index (κ2) is 6.70. The Hall–Kier alpha value is -0.900. The molecule has 1 saturated heterocycles. The van der Waals surface area contributed by atoms with Crippen molar-refractivity contribution in [2.45, 2.75) is 38.0 Å². The predicted octanol–water partition coefficient (Wildman–Crippen LogP) is 0.194. The summed E-state index contributed by atoms with van der Waals surface area (Å²) in [6.07, 6.45) is -6.65. The Morgan fingerprint density at radius 2 is 2.20 bits per heavy atom. The van der Waals surface area contributed by atoms with E-state index in [0.717, 1.165) is 0 Å². The van der Waals surface area contributed by atoms with E-state index < -0.39 is 36.7 Å². The van der Waals surface area contributed by atoms with Gasteiger partial charge < -0.3 is 24.6 Å². The van der Waals surface area contributed by atoms with E-state index >= 15 is 0 Å². The lowest BCUT2D eigenvalue weighted by Gasteiger charge is -2.20. The molecule has 0 radical (unpaired) electrons. The van der Waals surface area contributed by atoms with E-state index in [0.29, 0.717) is 0 Å². The van der Waals surface area contributed by atoms with Crippen LogP contribution in [0.25, 0.3) is 0 Å². The van der Waals surface area contributed by atoms with Crippen LogP contribution in [-0.4, -0.2) is 61.6 Å². The number of amides is 1. The zero-order chi connectivity index (χ0) is 15.4. The third kappa shape index (κ3) is 6.04. The summed E-state index contributed by atoms with van der Waals surface area (Å²) >= 11 is 0. The fourth-order valence-corrected chi connectivity index (χ4v) is 1.58. The lowest BCUT2D eigenvalue weighted by atomic mass is 10.2. The molecule has 0 saturated carbocycles. The van der Waals surface area contributed by atoms with Crippen LogP contribution >= 0.6 is 0 Å². The number of nitrogens with one attached hydrogen (secondary N) is 1. The first-order chi connectivity index (χ1) is 9.11. The molecule has 20 heavy (non-hydrogen) atoms. The Morgan fingerprint density at radius 3 is 2.70 bits per heavy atom. The highest BCUT2D eigenvalue weighted by atomic mass is 19.4. The summed E-state index contributed by atoms with van der Waals surface area (Å²) in [6, 6.07) is 0. The summed E-state index contributed by atoms with van der Waals surface area (Å²) in [5, 5.41) is 12.0. The first-order valence-electron chi connectivity index (χ1n) is 6.03. The second-order valence-electron chi connectivity index (χ2n) is 4.77. The zero-order valence-electron chi connectivity index (χ0n) is 11.2. The number of carbonyl (C=O) groups excluding carboxylic acids is 1. The zero-order valence-corrected chi connectivity index (χ0v) is 11.2. The van der Waals surface area contributed by atoms with Gasteiger partial charge in [-0.25, -0.2) is 0 Å².